The summed E-state index contributed by atoms with van der Waals surface area (Å²) < 4.78 is 4.85. The largest absolute Gasteiger partial charge is 0.382 e. The van der Waals surface area contributed by atoms with Gasteiger partial charge in [0.25, 0.3) is 0 Å². The van der Waals surface area contributed by atoms with Crippen LogP contribution >= 0.6 is 0 Å². The lowest BCUT2D eigenvalue weighted by Gasteiger charge is -1.94. The number of aryl methyl sites for hydroxylation is 2. The molecular formula is C6H10N4O. The number of amidine groups is 1. The first-order valence-electron chi connectivity index (χ1n) is 3.13. The van der Waals surface area contributed by atoms with Gasteiger partial charge in [-0.3, -0.25) is 0 Å². The zero-order chi connectivity index (χ0) is 8.43. The summed E-state index contributed by atoms with van der Waals surface area (Å²) in [5, 5.41) is 7.04. The standard InChI is InChI=1S/C6H10N4O/c1-3-5(6(7)9-8)4(2)11-10-3/h8H2,1-2H3,(H2,7,9). The van der Waals surface area contributed by atoms with Gasteiger partial charge < -0.3 is 16.1 Å². The highest BCUT2D eigenvalue weighted by atomic mass is 16.5. The predicted octanol–water partition coefficient (Wildman–Crippen LogP) is -0.130. The number of rotatable bonds is 1. The van der Waals surface area contributed by atoms with Gasteiger partial charge in [-0.2, -0.15) is 5.10 Å². The minimum Gasteiger partial charge on any atom is -0.382 e. The fourth-order valence-corrected chi connectivity index (χ4v) is 0.913. The van der Waals surface area contributed by atoms with Crippen molar-refractivity contribution in [1.29, 1.82) is 0 Å². The van der Waals surface area contributed by atoms with Gasteiger partial charge in [-0.15, -0.1) is 0 Å². The molecule has 0 bridgehead atoms. The van der Waals surface area contributed by atoms with E-state index in [0.29, 0.717) is 17.0 Å². The molecule has 0 aliphatic carbocycles. The lowest BCUT2D eigenvalue weighted by atomic mass is 10.2. The van der Waals surface area contributed by atoms with Gasteiger partial charge in [0.15, 0.2) is 5.84 Å². The van der Waals surface area contributed by atoms with Crippen LogP contribution in [0, 0.1) is 13.8 Å². The summed E-state index contributed by atoms with van der Waals surface area (Å²) in [5.41, 5.74) is 6.86. The van der Waals surface area contributed by atoms with Gasteiger partial charge in [0, 0.05) is 0 Å². The second-order valence-corrected chi connectivity index (χ2v) is 2.21. The molecule has 11 heavy (non-hydrogen) atoms. The topological polar surface area (TPSA) is 90.4 Å². The fourth-order valence-electron chi connectivity index (χ4n) is 0.913. The highest BCUT2D eigenvalue weighted by Gasteiger charge is 2.11. The van der Waals surface area contributed by atoms with Gasteiger partial charge in [0.05, 0.1) is 11.3 Å². The van der Waals surface area contributed by atoms with Gasteiger partial charge in [-0.05, 0) is 13.8 Å². The van der Waals surface area contributed by atoms with Crippen LogP contribution in [0.3, 0.4) is 0 Å². The average molecular weight is 154 g/mol. The van der Waals surface area contributed by atoms with Crippen LogP contribution < -0.4 is 11.6 Å². The molecule has 0 unspecified atom stereocenters. The molecule has 0 aliphatic heterocycles. The Balaban J connectivity index is 3.21. The second-order valence-electron chi connectivity index (χ2n) is 2.21. The average Bonchev–Trinajstić information content (AvgIpc) is 2.30. The lowest BCUT2D eigenvalue weighted by molar-refractivity contribution is 0.393. The van der Waals surface area contributed by atoms with Crippen molar-refractivity contribution in [3.05, 3.63) is 17.0 Å². The van der Waals surface area contributed by atoms with Crippen molar-refractivity contribution in [2.75, 3.05) is 0 Å². The van der Waals surface area contributed by atoms with Crippen molar-refractivity contribution in [1.82, 2.24) is 5.16 Å². The summed E-state index contributed by atoms with van der Waals surface area (Å²) in [6.07, 6.45) is 0. The Morgan fingerprint density at radius 1 is 1.55 bits per heavy atom. The third-order valence-corrected chi connectivity index (χ3v) is 1.43. The molecule has 5 nitrogen and oxygen atoms in total. The molecule has 0 aromatic carbocycles. The van der Waals surface area contributed by atoms with E-state index < -0.39 is 0 Å². The van der Waals surface area contributed by atoms with Crippen molar-refractivity contribution in [3.8, 4) is 0 Å². The quantitative estimate of drug-likeness (QED) is 0.255. The van der Waals surface area contributed by atoms with Crippen LogP contribution in [0.25, 0.3) is 0 Å². The molecule has 0 fully saturated rings. The Labute approximate surface area is 64.0 Å². The molecule has 1 rings (SSSR count). The summed E-state index contributed by atoms with van der Waals surface area (Å²) in [5.74, 6) is 5.88. The maximum Gasteiger partial charge on any atom is 0.155 e. The zero-order valence-corrected chi connectivity index (χ0v) is 6.46. The number of nitrogens with two attached hydrogens (primary N) is 2. The Kier molecular flexibility index (Phi) is 1.80. The minimum atomic E-state index is 0.251. The molecule has 0 saturated carbocycles. The molecule has 1 heterocycles. The molecule has 60 valence electrons. The van der Waals surface area contributed by atoms with E-state index in [1.807, 2.05) is 0 Å². The van der Waals surface area contributed by atoms with E-state index in [0.717, 1.165) is 0 Å². The molecule has 5 heteroatoms. The summed E-state index contributed by atoms with van der Waals surface area (Å²) in [4.78, 5) is 0. The zero-order valence-electron chi connectivity index (χ0n) is 6.46. The summed E-state index contributed by atoms with van der Waals surface area (Å²) in [6, 6.07) is 0. The number of nitrogens with zero attached hydrogens (tertiary/aromatic N) is 2. The van der Waals surface area contributed by atoms with Gasteiger partial charge in [0.1, 0.15) is 5.76 Å². The van der Waals surface area contributed by atoms with E-state index in [-0.39, 0.29) is 5.84 Å². The first-order valence-corrected chi connectivity index (χ1v) is 3.13. The molecule has 0 radical (unpaired) electrons. The Morgan fingerprint density at radius 3 is 2.55 bits per heavy atom. The number of aromatic nitrogens is 1. The van der Waals surface area contributed by atoms with E-state index in [1.54, 1.807) is 13.8 Å². The molecule has 0 saturated heterocycles. The Bertz CT molecular complexity index is 269. The highest BCUT2D eigenvalue weighted by Crippen LogP contribution is 2.10. The molecular weight excluding hydrogens is 144 g/mol. The maximum atomic E-state index is 5.47. The van der Waals surface area contributed by atoms with Gasteiger partial charge in [-0.1, -0.05) is 5.16 Å². The molecule has 0 amide bonds. The fraction of sp³-hybridized carbons (Fsp3) is 0.333. The minimum absolute atomic E-state index is 0.251. The van der Waals surface area contributed by atoms with E-state index >= 15 is 0 Å². The van der Waals surface area contributed by atoms with Crippen LogP contribution in [0.4, 0.5) is 0 Å². The Hall–Kier alpha value is -1.52. The lowest BCUT2D eigenvalue weighted by Crippen LogP contribution is -2.16. The first kappa shape index (κ1) is 7.59. The monoisotopic (exact) mass is 154 g/mol. The van der Waals surface area contributed by atoms with E-state index in [9.17, 15) is 0 Å². The van der Waals surface area contributed by atoms with Crippen molar-refractivity contribution in [3.63, 3.8) is 0 Å². The molecule has 1 aromatic heterocycles. The van der Waals surface area contributed by atoms with Crippen molar-refractivity contribution in [2.24, 2.45) is 16.7 Å². The van der Waals surface area contributed by atoms with Crippen molar-refractivity contribution >= 4 is 5.84 Å². The second kappa shape index (κ2) is 2.61. The number of hydrogen-bond acceptors (Lipinski definition) is 4. The van der Waals surface area contributed by atoms with Gasteiger partial charge >= 0.3 is 0 Å². The number of hydrogen-bond donors (Lipinski definition) is 2. The van der Waals surface area contributed by atoms with E-state index in [2.05, 4.69) is 10.3 Å². The SMILES string of the molecule is Cc1noc(C)c1/C(N)=N/N. The van der Waals surface area contributed by atoms with Gasteiger partial charge in [-0.25, -0.2) is 0 Å². The van der Waals surface area contributed by atoms with Crippen LogP contribution in [0.5, 0.6) is 0 Å². The van der Waals surface area contributed by atoms with Crippen LogP contribution in [0.2, 0.25) is 0 Å². The predicted molar refractivity (Wildman–Crippen MR) is 40.9 cm³/mol. The summed E-state index contributed by atoms with van der Waals surface area (Å²) in [7, 11) is 0. The molecule has 4 N–H and O–H groups in total. The maximum absolute atomic E-state index is 5.47. The first-order chi connectivity index (χ1) is 5.16. The van der Waals surface area contributed by atoms with Crippen LogP contribution in [0.15, 0.2) is 9.62 Å². The molecule has 0 aliphatic rings. The summed E-state index contributed by atoms with van der Waals surface area (Å²) in [6.45, 7) is 3.54. The van der Waals surface area contributed by atoms with E-state index in [1.165, 1.54) is 0 Å². The number of hydrazone groups is 1. The molecule has 0 spiro atoms. The van der Waals surface area contributed by atoms with Crippen LogP contribution in [-0.2, 0) is 0 Å². The Morgan fingerprint density at radius 2 is 2.18 bits per heavy atom. The highest BCUT2D eigenvalue weighted by molar-refractivity contribution is 5.98. The molecule has 0 atom stereocenters. The van der Waals surface area contributed by atoms with Crippen molar-refractivity contribution in [2.45, 2.75) is 13.8 Å². The third kappa shape index (κ3) is 1.17. The smallest absolute Gasteiger partial charge is 0.155 e. The van der Waals surface area contributed by atoms with Gasteiger partial charge in [0.2, 0.25) is 0 Å². The van der Waals surface area contributed by atoms with Crippen LogP contribution in [0.1, 0.15) is 17.0 Å². The summed E-state index contributed by atoms with van der Waals surface area (Å²) >= 11 is 0. The van der Waals surface area contributed by atoms with Crippen LogP contribution in [-0.4, -0.2) is 11.0 Å². The normalized spacial score (nSPS) is 12.0. The third-order valence-electron chi connectivity index (χ3n) is 1.43. The molecule has 1 aromatic rings. The van der Waals surface area contributed by atoms with Crippen molar-refractivity contribution < 1.29 is 4.52 Å². The van der Waals surface area contributed by atoms with E-state index in [4.69, 9.17) is 16.1 Å².